The molecule has 0 aliphatic carbocycles. The van der Waals surface area contributed by atoms with Crippen molar-refractivity contribution in [2.45, 2.75) is 26.2 Å². The van der Waals surface area contributed by atoms with E-state index < -0.39 is 0 Å². The van der Waals surface area contributed by atoms with Gasteiger partial charge >= 0.3 is 0 Å². The third kappa shape index (κ3) is 2.41. The lowest BCUT2D eigenvalue weighted by molar-refractivity contribution is 0.597. The first kappa shape index (κ1) is 17.7. The monoisotopic (exact) mass is 405 g/mol. The minimum Gasteiger partial charge on any atom is -0.308 e. The molecule has 0 amide bonds. The number of thiophene rings is 1. The molecule has 0 N–H and O–H groups in total. The molecule has 0 aliphatic heterocycles. The summed E-state index contributed by atoms with van der Waals surface area (Å²) in [5.41, 5.74) is 5.34. The van der Waals surface area contributed by atoms with Gasteiger partial charge in [-0.15, -0.1) is 11.3 Å². The fourth-order valence-corrected chi connectivity index (χ4v) is 6.30. The van der Waals surface area contributed by atoms with E-state index in [9.17, 15) is 0 Å². The van der Waals surface area contributed by atoms with Gasteiger partial charge in [0, 0.05) is 31.9 Å². The van der Waals surface area contributed by atoms with Gasteiger partial charge in [-0.2, -0.15) is 0 Å². The molecule has 0 aliphatic rings. The van der Waals surface area contributed by atoms with Crippen molar-refractivity contribution in [2.75, 3.05) is 0 Å². The summed E-state index contributed by atoms with van der Waals surface area (Å²) >= 11 is 1.95. The fourth-order valence-electron chi connectivity index (χ4n) is 4.74. The summed E-state index contributed by atoms with van der Waals surface area (Å²) in [6.45, 7) is 6.92. The summed E-state index contributed by atoms with van der Waals surface area (Å²) in [6.07, 6.45) is 0. The number of hydrogen-bond acceptors (Lipinski definition) is 1. The maximum atomic E-state index is 2.44. The van der Waals surface area contributed by atoms with Gasteiger partial charge in [0.25, 0.3) is 0 Å². The lowest BCUT2D eigenvalue weighted by Crippen LogP contribution is -2.10. The van der Waals surface area contributed by atoms with Crippen LogP contribution in [0.5, 0.6) is 0 Å². The summed E-state index contributed by atoms with van der Waals surface area (Å²) in [5, 5.41) is 5.36. The molecular formula is C28H23NS. The van der Waals surface area contributed by atoms with Gasteiger partial charge in [0.15, 0.2) is 0 Å². The Labute approximate surface area is 180 Å². The largest absolute Gasteiger partial charge is 0.308 e. The second kappa shape index (κ2) is 6.20. The average molecular weight is 406 g/mol. The van der Waals surface area contributed by atoms with Crippen molar-refractivity contribution in [1.82, 2.24) is 4.57 Å². The Kier molecular flexibility index (Phi) is 3.66. The molecule has 30 heavy (non-hydrogen) atoms. The van der Waals surface area contributed by atoms with Crippen LogP contribution >= 0.6 is 11.3 Å². The van der Waals surface area contributed by atoms with Crippen LogP contribution in [0.25, 0.3) is 47.7 Å². The first-order valence-electron chi connectivity index (χ1n) is 10.5. The predicted octanol–water partition coefficient (Wildman–Crippen LogP) is 8.45. The molecule has 2 aromatic heterocycles. The zero-order chi connectivity index (χ0) is 20.5. The van der Waals surface area contributed by atoms with Crippen LogP contribution in [-0.4, -0.2) is 4.57 Å². The second-order valence-electron chi connectivity index (χ2n) is 9.06. The topological polar surface area (TPSA) is 4.93 Å². The molecule has 1 nitrogen and oxygen atoms in total. The SMILES string of the molecule is CC(C)(C)c1cccc2c1sc1c2ccc2c3ccccc3n(-c3ccccc3)c21. The summed E-state index contributed by atoms with van der Waals surface area (Å²) in [4.78, 5) is 0. The highest BCUT2D eigenvalue weighted by atomic mass is 32.1. The molecule has 4 aromatic carbocycles. The Morgan fingerprint density at radius 1 is 0.600 bits per heavy atom. The van der Waals surface area contributed by atoms with E-state index in [1.54, 1.807) is 0 Å². The van der Waals surface area contributed by atoms with E-state index in [2.05, 4.69) is 110 Å². The molecule has 6 aromatic rings. The predicted molar refractivity (Wildman–Crippen MR) is 132 cm³/mol. The second-order valence-corrected chi connectivity index (χ2v) is 10.1. The number of aromatic nitrogens is 1. The number of benzene rings is 4. The molecule has 0 bridgehead atoms. The first-order valence-corrected chi connectivity index (χ1v) is 11.3. The van der Waals surface area contributed by atoms with Gasteiger partial charge in [-0.1, -0.05) is 87.5 Å². The third-order valence-electron chi connectivity index (χ3n) is 6.12. The smallest absolute Gasteiger partial charge is 0.0719 e. The van der Waals surface area contributed by atoms with Gasteiger partial charge in [0.05, 0.1) is 15.7 Å². The molecule has 0 spiro atoms. The molecule has 0 unspecified atom stereocenters. The van der Waals surface area contributed by atoms with Crippen LogP contribution in [0.1, 0.15) is 26.3 Å². The molecule has 6 rings (SSSR count). The molecular weight excluding hydrogens is 382 g/mol. The highest BCUT2D eigenvalue weighted by Gasteiger charge is 2.22. The minimum atomic E-state index is 0.117. The maximum absolute atomic E-state index is 2.44. The Morgan fingerprint density at radius 2 is 1.27 bits per heavy atom. The van der Waals surface area contributed by atoms with Crippen molar-refractivity contribution < 1.29 is 0 Å². The van der Waals surface area contributed by atoms with Crippen LogP contribution in [0.4, 0.5) is 0 Å². The van der Waals surface area contributed by atoms with Gasteiger partial charge < -0.3 is 4.57 Å². The number of hydrogen-bond donors (Lipinski definition) is 0. The van der Waals surface area contributed by atoms with E-state index in [1.165, 1.54) is 53.2 Å². The normalized spacial score (nSPS) is 12.5. The molecule has 0 saturated heterocycles. The van der Waals surface area contributed by atoms with Crippen molar-refractivity contribution in [2.24, 2.45) is 0 Å². The van der Waals surface area contributed by atoms with E-state index in [-0.39, 0.29) is 5.41 Å². The quantitative estimate of drug-likeness (QED) is 0.258. The molecule has 2 heteroatoms. The van der Waals surface area contributed by atoms with Gasteiger partial charge in [0.1, 0.15) is 0 Å². The summed E-state index contributed by atoms with van der Waals surface area (Å²) in [7, 11) is 0. The van der Waals surface area contributed by atoms with E-state index in [1.807, 2.05) is 11.3 Å². The van der Waals surface area contributed by atoms with E-state index in [0.29, 0.717) is 0 Å². The Bertz CT molecular complexity index is 1560. The van der Waals surface area contributed by atoms with Gasteiger partial charge in [-0.3, -0.25) is 0 Å². The summed E-state index contributed by atoms with van der Waals surface area (Å²) in [5.74, 6) is 0. The Balaban J connectivity index is 1.86. The van der Waals surface area contributed by atoms with Crippen molar-refractivity contribution in [1.29, 1.82) is 0 Å². The highest BCUT2D eigenvalue weighted by molar-refractivity contribution is 7.26. The van der Waals surface area contributed by atoms with Crippen molar-refractivity contribution in [3.05, 3.63) is 90.5 Å². The number of para-hydroxylation sites is 2. The minimum absolute atomic E-state index is 0.117. The standard InChI is InChI=1S/C28H23NS/c1-28(2,3)23-14-9-13-21-22-17-16-20-19-12-7-8-15-24(19)29(18-10-5-4-6-11-18)25(20)27(22)30-26(21)23/h4-17H,1-3H3. The van der Waals surface area contributed by atoms with Crippen LogP contribution in [0.3, 0.4) is 0 Å². The highest BCUT2D eigenvalue weighted by Crippen LogP contribution is 2.45. The number of fused-ring (bicyclic) bond motifs is 7. The zero-order valence-corrected chi connectivity index (χ0v) is 18.3. The van der Waals surface area contributed by atoms with E-state index >= 15 is 0 Å². The number of nitrogens with zero attached hydrogens (tertiary/aromatic N) is 1. The Morgan fingerprint density at radius 3 is 2.07 bits per heavy atom. The third-order valence-corrected chi connectivity index (χ3v) is 7.38. The summed E-state index contributed by atoms with van der Waals surface area (Å²) < 4.78 is 5.23. The van der Waals surface area contributed by atoms with Gasteiger partial charge in [0.2, 0.25) is 0 Å². The van der Waals surface area contributed by atoms with Crippen LogP contribution in [-0.2, 0) is 5.41 Å². The molecule has 0 radical (unpaired) electrons. The maximum Gasteiger partial charge on any atom is 0.0719 e. The lowest BCUT2D eigenvalue weighted by atomic mass is 9.86. The molecule has 0 atom stereocenters. The fraction of sp³-hybridized carbons (Fsp3) is 0.143. The zero-order valence-electron chi connectivity index (χ0n) is 17.4. The summed E-state index contributed by atoms with van der Waals surface area (Å²) in [6, 6.07) is 30.9. The van der Waals surface area contributed by atoms with Crippen LogP contribution in [0.15, 0.2) is 84.9 Å². The van der Waals surface area contributed by atoms with Crippen LogP contribution in [0.2, 0.25) is 0 Å². The van der Waals surface area contributed by atoms with Crippen molar-refractivity contribution >= 4 is 53.3 Å². The Hall–Kier alpha value is -3.10. The average Bonchev–Trinajstić information content (AvgIpc) is 3.29. The molecule has 0 fully saturated rings. The lowest BCUT2D eigenvalue weighted by Gasteiger charge is -2.19. The van der Waals surface area contributed by atoms with Crippen molar-refractivity contribution in [3.63, 3.8) is 0 Å². The van der Waals surface area contributed by atoms with E-state index in [4.69, 9.17) is 0 Å². The molecule has 0 saturated carbocycles. The first-order chi connectivity index (χ1) is 14.5. The van der Waals surface area contributed by atoms with Gasteiger partial charge in [-0.25, -0.2) is 0 Å². The molecule has 146 valence electrons. The van der Waals surface area contributed by atoms with Crippen LogP contribution < -0.4 is 0 Å². The van der Waals surface area contributed by atoms with Crippen LogP contribution in [0, 0.1) is 0 Å². The van der Waals surface area contributed by atoms with E-state index in [0.717, 1.165) is 0 Å². The number of rotatable bonds is 1. The molecule has 2 heterocycles. The van der Waals surface area contributed by atoms with Crippen molar-refractivity contribution in [3.8, 4) is 5.69 Å². The van der Waals surface area contributed by atoms with Gasteiger partial charge in [-0.05, 0) is 29.2 Å².